The van der Waals surface area contributed by atoms with Crippen LogP contribution in [0.5, 0.6) is 0 Å². The molecule has 1 aliphatic rings. The summed E-state index contributed by atoms with van der Waals surface area (Å²) in [6.45, 7) is 3.07. The highest BCUT2D eigenvalue weighted by molar-refractivity contribution is 5.83. The summed E-state index contributed by atoms with van der Waals surface area (Å²) in [6.07, 6.45) is 3.76. The van der Waals surface area contributed by atoms with Gasteiger partial charge in [-0.05, 0) is 24.3 Å². The van der Waals surface area contributed by atoms with Gasteiger partial charge in [0.15, 0.2) is 11.1 Å². The van der Waals surface area contributed by atoms with Gasteiger partial charge in [0.25, 0.3) is 11.7 Å². The van der Waals surface area contributed by atoms with E-state index in [0.29, 0.717) is 29.0 Å². The molecule has 1 aliphatic carbocycles. The van der Waals surface area contributed by atoms with E-state index in [1.165, 1.54) is 25.3 Å². The molecule has 1 fully saturated rings. The van der Waals surface area contributed by atoms with Crippen molar-refractivity contribution in [3.05, 3.63) is 28.3 Å². The van der Waals surface area contributed by atoms with E-state index in [2.05, 4.69) is 17.2 Å². The van der Waals surface area contributed by atoms with Crippen LogP contribution in [0.15, 0.2) is 22.6 Å². The number of non-ortho nitro benzene ring substituents is 1. The summed E-state index contributed by atoms with van der Waals surface area (Å²) in [5, 5.41) is 14.1. The van der Waals surface area contributed by atoms with E-state index in [1.54, 1.807) is 12.1 Å². The Morgan fingerprint density at radius 3 is 3.05 bits per heavy atom. The molecule has 1 aromatic carbocycles. The second kappa shape index (κ2) is 5.11. The number of nitrogens with one attached hydrogen (secondary N) is 1. The number of nitro benzene ring substituents is 1. The number of benzene rings is 1. The number of nitrogens with zero attached hydrogens (tertiary/aromatic N) is 2. The SMILES string of the molecule is CC1CCCC1CNc1nc2c([N+](=O)[O-])cccc2o1. The fourth-order valence-electron chi connectivity index (χ4n) is 2.90. The topological polar surface area (TPSA) is 81.2 Å². The van der Waals surface area contributed by atoms with Crippen molar-refractivity contribution in [2.45, 2.75) is 26.2 Å². The van der Waals surface area contributed by atoms with Crippen molar-refractivity contribution in [2.24, 2.45) is 11.8 Å². The largest absolute Gasteiger partial charge is 0.423 e. The van der Waals surface area contributed by atoms with Crippen molar-refractivity contribution in [1.82, 2.24) is 4.98 Å². The van der Waals surface area contributed by atoms with E-state index in [1.807, 2.05) is 0 Å². The lowest BCUT2D eigenvalue weighted by molar-refractivity contribution is -0.383. The molecule has 2 aromatic rings. The third-order valence-electron chi connectivity index (χ3n) is 4.15. The van der Waals surface area contributed by atoms with Crippen LogP contribution in [0.3, 0.4) is 0 Å². The van der Waals surface area contributed by atoms with Gasteiger partial charge in [-0.1, -0.05) is 25.8 Å². The molecule has 6 heteroatoms. The van der Waals surface area contributed by atoms with Gasteiger partial charge in [-0.3, -0.25) is 10.1 Å². The number of para-hydroxylation sites is 1. The summed E-state index contributed by atoms with van der Waals surface area (Å²) in [5.74, 6) is 1.33. The average molecular weight is 275 g/mol. The van der Waals surface area contributed by atoms with Gasteiger partial charge in [0.05, 0.1) is 4.92 Å². The quantitative estimate of drug-likeness (QED) is 0.681. The van der Waals surface area contributed by atoms with Crippen LogP contribution < -0.4 is 5.32 Å². The van der Waals surface area contributed by atoms with Crippen molar-refractivity contribution in [2.75, 3.05) is 11.9 Å². The first kappa shape index (κ1) is 12.9. The lowest BCUT2D eigenvalue weighted by atomic mass is 9.98. The van der Waals surface area contributed by atoms with Crippen LogP contribution in [0.25, 0.3) is 11.1 Å². The minimum absolute atomic E-state index is 0.0199. The first-order valence-electron chi connectivity index (χ1n) is 6.93. The number of aromatic nitrogens is 1. The molecule has 6 nitrogen and oxygen atoms in total. The molecular formula is C14H17N3O3. The molecule has 0 saturated heterocycles. The van der Waals surface area contributed by atoms with Crippen molar-refractivity contribution in [3.63, 3.8) is 0 Å². The van der Waals surface area contributed by atoms with Crippen LogP contribution in [-0.4, -0.2) is 16.5 Å². The molecule has 1 saturated carbocycles. The van der Waals surface area contributed by atoms with Crippen molar-refractivity contribution >= 4 is 22.8 Å². The predicted molar refractivity (Wildman–Crippen MR) is 75.7 cm³/mol. The van der Waals surface area contributed by atoms with Gasteiger partial charge in [0.2, 0.25) is 0 Å². The normalized spacial score (nSPS) is 22.2. The minimum atomic E-state index is -0.437. The number of hydrogen-bond donors (Lipinski definition) is 1. The van der Waals surface area contributed by atoms with Gasteiger partial charge in [-0.25, -0.2) is 0 Å². The number of fused-ring (bicyclic) bond motifs is 1. The van der Waals surface area contributed by atoms with E-state index in [4.69, 9.17) is 4.42 Å². The summed E-state index contributed by atoms with van der Waals surface area (Å²) < 4.78 is 5.53. The Morgan fingerprint density at radius 1 is 1.50 bits per heavy atom. The number of nitro groups is 1. The van der Waals surface area contributed by atoms with Crippen molar-refractivity contribution in [3.8, 4) is 0 Å². The van der Waals surface area contributed by atoms with Crippen LogP contribution in [0.1, 0.15) is 26.2 Å². The van der Waals surface area contributed by atoms with Gasteiger partial charge in [0, 0.05) is 12.6 Å². The Hall–Kier alpha value is -2.11. The van der Waals surface area contributed by atoms with Gasteiger partial charge in [0.1, 0.15) is 0 Å². The van der Waals surface area contributed by atoms with E-state index in [-0.39, 0.29) is 5.69 Å². The maximum Gasteiger partial charge on any atom is 0.298 e. The third kappa shape index (κ3) is 2.33. The van der Waals surface area contributed by atoms with Gasteiger partial charge in [-0.2, -0.15) is 4.98 Å². The van der Waals surface area contributed by atoms with Gasteiger partial charge in [-0.15, -0.1) is 0 Å². The second-order valence-corrected chi connectivity index (χ2v) is 5.45. The molecule has 1 N–H and O–H groups in total. The van der Waals surface area contributed by atoms with Crippen LogP contribution in [0.4, 0.5) is 11.7 Å². The molecule has 20 heavy (non-hydrogen) atoms. The number of anilines is 1. The molecule has 2 atom stereocenters. The van der Waals surface area contributed by atoms with Crippen molar-refractivity contribution < 1.29 is 9.34 Å². The first-order chi connectivity index (χ1) is 9.65. The Labute approximate surface area is 116 Å². The fraction of sp³-hybridized carbons (Fsp3) is 0.500. The smallest absolute Gasteiger partial charge is 0.298 e. The Kier molecular flexibility index (Phi) is 3.30. The monoisotopic (exact) mass is 275 g/mol. The molecule has 1 heterocycles. The molecule has 3 rings (SSSR count). The first-order valence-corrected chi connectivity index (χ1v) is 6.93. The summed E-state index contributed by atoms with van der Waals surface area (Å²) in [4.78, 5) is 14.7. The van der Waals surface area contributed by atoms with E-state index in [0.717, 1.165) is 6.54 Å². The van der Waals surface area contributed by atoms with Crippen LogP contribution in [0, 0.1) is 22.0 Å². The predicted octanol–water partition coefficient (Wildman–Crippen LogP) is 3.58. The zero-order valence-corrected chi connectivity index (χ0v) is 11.3. The van der Waals surface area contributed by atoms with Crippen LogP contribution in [0.2, 0.25) is 0 Å². The van der Waals surface area contributed by atoms with Crippen LogP contribution >= 0.6 is 0 Å². The summed E-state index contributed by atoms with van der Waals surface area (Å²) in [6, 6.07) is 5.11. The Bertz CT molecular complexity index is 638. The molecule has 2 unspecified atom stereocenters. The number of hydrogen-bond acceptors (Lipinski definition) is 5. The molecule has 0 spiro atoms. The lowest BCUT2D eigenvalue weighted by Crippen LogP contribution is -2.16. The maximum atomic E-state index is 10.9. The highest BCUT2D eigenvalue weighted by Crippen LogP contribution is 2.32. The zero-order chi connectivity index (χ0) is 14.1. The Morgan fingerprint density at radius 2 is 2.35 bits per heavy atom. The van der Waals surface area contributed by atoms with Crippen LogP contribution in [-0.2, 0) is 0 Å². The molecular weight excluding hydrogens is 258 g/mol. The summed E-state index contributed by atoms with van der Waals surface area (Å²) in [5.41, 5.74) is 0.731. The van der Waals surface area contributed by atoms with Gasteiger partial charge >= 0.3 is 0 Å². The summed E-state index contributed by atoms with van der Waals surface area (Å²) in [7, 11) is 0. The Balaban J connectivity index is 1.79. The average Bonchev–Trinajstić information content (AvgIpc) is 3.01. The van der Waals surface area contributed by atoms with Gasteiger partial charge < -0.3 is 9.73 Å². The van der Waals surface area contributed by atoms with E-state index in [9.17, 15) is 10.1 Å². The molecule has 1 aromatic heterocycles. The molecule has 106 valence electrons. The number of rotatable bonds is 4. The van der Waals surface area contributed by atoms with Crippen molar-refractivity contribution in [1.29, 1.82) is 0 Å². The maximum absolute atomic E-state index is 10.9. The molecule has 0 bridgehead atoms. The zero-order valence-electron chi connectivity index (χ0n) is 11.3. The summed E-state index contributed by atoms with van der Waals surface area (Å²) >= 11 is 0. The number of oxazole rings is 1. The molecule has 0 aliphatic heterocycles. The second-order valence-electron chi connectivity index (χ2n) is 5.45. The highest BCUT2D eigenvalue weighted by atomic mass is 16.6. The highest BCUT2D eigenvalue weighted by Gasteiger charge is 2.24. The fourth-order valence-corrected chi connectivity index (χ4v) is 2.90. The van der Waals surface area contributed by atoms with E-state index >= 15 is 0 Å². The third-order valence-corrected chi connectivity index (χ3v) is 4.15. The standard InChI is InChI=1S/C14H17N3O3/c1-9-4-2-5-10(9)8-15-14-16-13-11(17(18)19)6-3-7-12(13)20-14/h3,6-7,9-10H,2,4-5,8H2,1H3,(H,15,16). The molecule has 0 amide bonds. The minimum Gasteiger partial charge on any atom is -0.423 e. The van der Waals surface area contributed by atoms with E-state index < -0.39 is 4.92 Å². The lowest BCUT2D eigenvalue weighted by Gasteiger charge is -2.14. The molecule has 0 radical (unpaired) electrons.